The van der Waals surface area contributed by atoms with Crippen molar-refractivity contribution in [3.05, 3.63) is 60.5 Å². The van der Waals surface area contributed by atoms with Crippen LogP contribution < -0.4 is 0 Å². The molecule has 1 heteroatoms. The summed E-state index contributed by atoms with van der Waals surface area (Å²) in [4.78, 5) is 1.40. The van der Waals surface area contributed by atoms with Crippen LogP contribution in [0.2, 0.25) is 0 Å². The highest BCUT2D eigenvalue weighted by Gasteiger charge is 2.04. The van der Waals surface area contributed by atoms with E-state index in [-0.39, 0.29) is 0 Å². The number of rotatable bonds is 4. The summed E-state index contributed by atoms with van der Waals surface area (Å²) in [5, 5.41) is 1.34. The van der Waals surface area contributed by atoms with E-state index in [1.54, 1.807) is 0 Å². The molecule has 15 heavy (non-hydrogen) atoms. The first kappa shape index (κ1) is 10.2. The highest BCUT2D eigenvalue weighted by atomic mass is 32.1. The number of hydrogen-bond acceptors (Lipinski definition) is 1. The van der Waals surface area contributed by atoms with Crippen LogP contribution in [0.3, 0.4) is 0 Å². The maximum Gasteiger partial charge on any atom is 0.0345 e. The van der Waals surface area contributed by atoms with Crippen LogP contribution in [0.15, 0.2) is 55.6 Å². The second-order valence-corrected chi connectivity index (χ2v) is 4.76. The minimum Gasteiger partial charge on any atom is -0.140 e. The molecule has 0 unspecified atom stereocenters. The molecule has 76 valence electrons. The summed E-state index contributed by atoms with van der Waals surface area (Å²) in [5.74, 6) is 0.387. The fourth-order valence-corrected chi connectivity index (χ4v) is 2.77. The summed E-state index contributed by atoms with van der Waals surface area (Å²) in [6, 6.07) is 10.8. The molecular weight excluding hydrogens is 200 g/mol. The van der Waals surface area contributed by atoms with Crippen LogP contribution in [0.5, 0.6) is 0 Å². The second kappa shape index (κ2) is 4.45. The van der Waals surface area contributed by atoms with Gasteiger partial charge in [-0.05, 0) is 29.9 Å². The summed E-state index contributed by atoms with van der Waals surface area (Å²) < 4.78 is 1.36. The van der Waals surface area contributed by atoms with Crippen molar-refractivity contribution >= 4 is 21.4 Å². The van der Waals surface area contributed by atoms with Crippen molar-refractivity contribution in [1.29, 1.82) is 0 Å². The van der Waals surface area contributed by atoms with E-state index < -0.39 is 0 Å². The van der Waals surface area contributed by atoms with Gasteiger partial charge in [0.05, 0.1) is 0 Å². The van der Waals surface area contributed by atoms with Gasteiger partial charge in [0.1, 0.15) is 0 Å². The van der Waals surface area contributed by atoms with E-state index in [0.29, 0.717) is 5.92 Å². The van der Waals surface area contributed by atoms with Crippen LogP contribution in [0.4, 0.5) is 0 Å². The number of hydrogen-bond donors (Lipinski definition) is 0. The zero-order chi connectivity index (χ0) is 10.7. The Morgan fingerprint density at radius 1 is 1.20 bits per heavy atom. The SMILES string of the molecule is C=CC(C=C)Cc1cc2ccccc2s1. The van der Waals surface area contributed by atoms with Crippen LogP contribution >= 0.6 is 11.3 Å². The molecule has 0 spiro atoms. The fourth-order valence-electron chi connectivity index (χ4n) is 1.63. The molecule has 0 radical (unpaired) electrons. The van der Waals surface area contributed by atoms with Gasteiger partial charge in [0.2, 0.25) is 0 Å². The van der Waals surface area contributed by atoms with Gasteiger partial charge in [-0.3, -0.25) is 0 Å². The Labute approximate surface area is 94.6 Å². The van der Waals surface area contributed by atoms with Gasteiger partial charge in [0, 0.05) is 9.58 Å². The largest absolute Gasteiger partial charge is 0.140 e. The Kier molecular flexibility index (Phi) is 3.02. The molecular formula is C14H14S. The first-order valence-electron chi connectivity index (χ1n) is 5.06. The molecule has 0 saturated heterocycles. The van der Waals surface area contributed by atoms with Crippen molar-refractivity contribution in [3.63, 3.8) is 0 Å². The molecule has 0 atom stereocenters. The molecule has 0 fully saturated rings. The standard InChI is InChI=1S/C14H14S/c1-3-11(4-2)9-13-10-12-7-5-6-8-14(12)15-13/h3-8,10-11H,1-2,9H2. The van der Waals surface area contributed by atoms with Gasteiger partial charge in [-0.2, -0.15) is 0 Å². The smallest absolute Gasteiger partial charge is 0.0345 e. The average Bonchev–Trinajstić information content (AvgIpc) is 2.68. The van der Waals surface area contributed by atoms with Gasteiger partial charge in [-0.1, -0.05) is 30.4 Å². The molecule has 1 aromatic carbocycles. The lowest BCUT2D eigenvalue weighted by atomic mass is 10.1. The monoisotopic (exact) mass is 214 g/mol. The van der Waals surface area contributed by atoms with Crippen LogP contribution in [0, 0.1) is 5.92 Å². The van der Waals surface area contributed by atoms with E-state index >= 15 is 0 Å². The van der Waals surface area contributed by atoms with Gasteiger partial charge in [-0.25, -0.2) is 0 Å². The third-order valence-corrected chi connectivity index (χ3v) is 3.66. The number of benzene rings is 1. The summed E-state index contributed by atoms with van der Waals surface area (Å²) in [6.07, 6.45) is 4.93. The molecule has 2 aromatic rings. The Balaban J connectivity index is 2.28. The van der Waals surface area contributed by atoms with Crippen LogP contribution in [-0.4, -0.2) is 0 Å². The van der Waals surface area contributed by atoms with Crippen LogP contribution in [0.25, 0.3) is 10.1 Å². The lowest BCUT2D eigenvalue weighted by Gasteiger charge is -2.02. The number of allylic oxidation sites excluding steroid dienone is 2. The Bertz CT molecular complexity index is 438. The normalized spacial score (nSPS) is 10.7. The molecule has 0 aliphatic rings. The van der Waals surface area contributed by atoms with Gasteiger partial charge in [0.15, 0.2) is 0 Å². The third kappa shape index (κ3) is 2.18. The molecule has 0 aliphatic heterocycles. The number of fused-ring (bicyclic) bond motifs is 1. The highest BCUT2D eigenvalue weighted by molar-refractivity contribution is 7.19. The van der Waals surface area contributed by atoms with Gasteiger partial charge < -0.3 is 0 Å². The maximum absolute atomic E-state index is 3.82. The average molecular weight is 214 g/mol. The topological polar surface area (TPSA) is 0 Å². The molecule has 1 aromatic heterocycles. The minimum absolute atomic E-state index is 0.387. The second-order valence-electron chi connectivity index (χ2n) is 3.59. The first-order chi connectivity index (χ1) is 7.33. The highest BCUT2D eigenvalue weighted by Crippen LogP contribution is 2.27. The van der Waals surface area contributed by atoms with Crippen molar-refractivity contribution in [3.8, 4) is 0 Å². The van der Waals surface area contributed by atoms with E-state index in [1.165, 1.54) is 15.0 Å². The van der Waals surface area contributed by atoms with E-state index in [4.69, 9.17) is 0 Å². The van der Waals surface area contributed by atoms with Crippen molar-refractivity contribution in [2.45, 2.75) is 6.42 Å². The summed E-state index contributed by atoms with van der Waals surface area (Å²) in [6.45, 7) is 7.63. The predicted molar refractivity (Wildman–Crippen MR) is 69.4 cm³/mol. The lowest BCUT2D eigenvalue weighted by Crippen LogP contribution is -1.93. The van der Waals surface area contributed by atoms with Gasteiger partial charge in [-0.15, -0.1) is 24.5 Å². The summed E-state index contributed by atoms with van der Waals surface area (Å²) in [5.41, 5.74) is 0. The summed E-state index contributed by atoms with van der Waals surface area (Å²) in [7, 11) is 0. The zero-order valence-corrected chi connectivity index (χ0v) is 9.46. The molecule has 0 amide bonds. The molecule has 0 bridgehead atoms. The molecule has 2 rings (SSSR count). The Morgan fingerprint density at radius 2 is 1.93 bits per heavy atom. The van der Waals surface area contributed by atoms with Crippen molar-refractivity contribution in [2.75, 3.05) is 0 Å². The molecule has 0 aliphatic carbocycles. The maximum atomic E-state index is 3.82. The lowest BCUT2D eigenvalue weighted by molar-refractivity contribution is 0.822. The Morgan fingerprint density at radius 3 is 2.60 bits per heavy atom. The van der Waals surface area contributed by atoms with Gasteiger partial charge >= 0.3 is 0 Å². The summed E-state index contributed by atoms with van der Waals surface area (Å²) >= 11 is 1.86. The third-order valence-electron chi connectivity index (χ3n) is 2.52. The first-order valence-corrected chi connectivity index (χ1v) is 5.87. The zero-order valence-electron chi connectivity index (χ0n) is 8.65. The minimum atomic E-state index is 0.387. The Hall–Kier alpha value is -1.34. The van der Waals surface area contributed by atoms with Crippen molar-refractivity contribution in [2.24, 2.45) is 5.92 Å². The fraction of sp³-hybridized carbons (Fsp3) is 0.143. The number of thiophene rings is 1. The van der Waals surface area contributed by atoms with Crippen LogP contribution in [0.1, 0.15) is 4.88 Å². The van der Waals surface area contributed by atoms with Crippen LogP contribution in [-0.2, 0) is 6.42 Å². The molecule has 0 nitrogen and oxygen atoms in total. The molecule has 1 heterocycles. The van der Waals surface area contributed by atoms with Gasteiger partial charge in [0.25, 0.3) is 0 Å². The van der Waals surface area contributed by atoms with Crippen molar-refractivity contribution < 1.29 is 0 Å². The van der Waals surface area contributed by atoms with E-state index in [9.17, 15) is 0 Å². The van der Waals surface area contributed by atoms with E-state index in [0.717, 1.165) is 6.42 Å². The molecule has 0 saturated carbocycles. The van der Waals surface area contributed by atoms with E-state index in [1.807, 2.05) is 23.5 Å². The molecule has 0 N–H and O–H groups in total. The van der Waals surface area contributed by atoms with Crippen molar-refractivity contribution in [1.82, 2.24) is 0 Å². The predicted octanol–water partition coefficient (Wildman–Crippen LogP) is 4.43. The van der Waals surface area contributed by atoms with E-state index in [2.05, 4.69) is 43.5 Å². The quantitative estimate of drug-likeness (QED) is 0.660.